The molecule has 23 heavy (non-hydrogen) atoms. The number of amides is 2. The molecule has 0 atom stereocenters. The minimum absolute atomic E-state index is 0.113. The Balaban J connectivity index is 2.21. The molecule has 2 aromatic rings. The molecule has 2 amide bonds. The molecule has 0 unspecified atom stereocenters. The Labute approximate surface area is 128 Å². The largest absolute Gasteiger partial charge is 0.360 e. The number of rotatable bonds is 4. The Bertz CT molecular complexity index is 761. The van der Waals surface area contributed by atoms with Crippen molar-refractivity contribution in [3.8, 4) is 0 Å². The van der Waals surface area contributed by atoms with Crippen molar-refractivity contribution in [2.45, 2.75) is 13.8 Å². The van der Waals surface area contributed by atoms with Crippen LogP contribution < -0.4 is 10.2 Å². The summed E-state index contributed by atoms with van der Waals surface area (Å²) in [6.45, 7) is 2.07. The maximum absolute atomic E-state index is 13.8. The summed E-state index contributed by atoms with van der Waals surface area (Å²) >= 11 is 0. The third kappa shape index (κ3) is 3.68. The number of nitrogens with one attached hydrogen (secondary N) is 1. The smallest absolute Gasteiger partial charge is 0.245 e. The van der Waals surface area contributed by atoms with Crippen LogP contribution in [0.2, 0.25) is 0 Å². The van der Waals surface area contributed by atoms with E-state index in [-0.39, 0.29) is 5.82 Å². The average Bonchev–Trinajstić information content (AvgIpc) is 2.88. The molecule has 1 N–H and O–H groups in total. The van der Waals surface area contributed by atoms with E-state index >= 15 is 0 Å². The number of hydrogen-bond acceptors (Lipinski definition) is 4. The maximum atomic E-state index is 13.8. The topological polar surface area (TPSA) is 75.4 Å². The molecule has 0 bridgehead atoms. The second kappa shape index (κ2) is 6.51. The number of aryl methyl sites for hydroxylation is 1. The van der Waals surface area contributed by atoms with Crippen LogP contribution in [0.4, 0.5) is 24.7 Å². The molecule has 0 fully saturated rings. The molecule has 6 nitrogen and oxygen atoms in total. The number of halogens is 3. The lowest BCUT2D eigenvalue weighted by atomic mass is 10.2. The Morgan fingerprint density at radius 3 is 2.52 bits per heavy atom. The lowest BCUT2D eigenvalue weighted by Gasteiger charge is -2.21. The van der Waals surface area contributed by atoms with E-state index in [1.54, 1.807) is 6.92 Å². The van der Waals surface area contributed by atoms with Crippen molar-refractivity contribution in [3.63, 3.8) is 0 Å². The molecule has 0 aliphatic heterocycles. The molecule has 0 radical (unpaired) electrons. The molecule has 0 saturated carbocycles. The molecular formula is C14H12F3N3O3. The summed E-state index contributed by atoms with van der Waals surface area (Å²) in [4.78, 5) is 24.2. The fourth-order valence-corrected chi connectivity index (χ4v) is 1.84. The third-order valence-electron chi connectivity index (χ3n) is 2.88. The second-order valence-electron chi connectivity index (χ2n) is 4.67. The van der Waals surface area contributed by atoms with Crippen LogP contribution in [-0.4, -0.2) is 23.5 Å². The van der Waals surface area contributed by atoms with Crippen molar-refractivity contribution in [1.29, 1.82) is 0 Å². The van der Waals surface area contributed by atoms with Crippen molar-refractivity contribution >= 4 is 23.3 Å². The summed E-state index contributed by atoms with van der Waals surface area (Å²) in [5, 5.41) is 5.87. The van der Waals surface area contributed by atoms with Gasteiger partial charge < -0.3 is 14.7 Å². The highest BCUT2D eigenvalue weighted by atomic mass is 19.2. The highest BCUT2D eigenvalue weighted by Gasteiger charge is 2.23. The Kier molecular flexibility index (Phi) is 4.68. The lowest BCUT2D eigenvalue weighted by Crippen LogP contribution is -2.37. The van der Waals surface area contributed by atoms with Crippen LogP contribution in [0.5, 0.6) is 0 Å². The van der Waals surface area contributed by atoms with Crippen molar-refractivity contribution < 1.29 is 27.3 Å². The first kappa shape index (κ1) is 16.5. The highest BCUT2D eigenvalue weighted by Crippen LogP contribution is 2.23. The molecule has 2 rings (SSSR count). The van der Waals surface area contributed by atoms with E-state index in [1.807, 2.05) is 0 Å². The summed E-state index contributed by atoms with van der Waals surface area (Å²) in [5.41, 5.74) is -0.539. The fraction of sp³-hybridized carbons (Fsp3) is 0.214. The second-order valence-corrected chi connectivity index (χ2v) is 4.67. The van der Waals surface area contributed by atoms with E-state index in [9.17, 15) is 22.8 Å². The average molecular weight is 327 g/mol. The molecule has 1 aromatic carbocycles. The summed E-state index contributed by atoms with van der Waals surface area (Å²) in [5.74, 6) is -5.53. The zero-order valence-electron chi connectivity index (χ0n) is 12.2. The van der Waals surface area contributed by atoms with Crippen LogP contribution in [0, 0.1) is 24.4 Å². The van der Waals surface area contributed by atoms with Gasteiger partial charge in [0.1, 0.15) is 12.3 Å². The SMILES string of the molecule is CC(=O)N(CC(=O)Nc1cc(C)on1)c1ccc(F)c(F)c1F. The summed E-state index contributed by atoms with van der Waals surface area (Å²) in [6.07, 6.45) is 0. The summed E-state index contributed by atoms with van der Waals surface area (Å²) < 4.78 is 44.8. The number of aromatic nitrogens is 1. The number of anilines is 2. The first-order valence-corrected chi connectivity index (χ1v) is 6.44. The lowest BCUT2D eigenvalue weighted by molar-refractivity contribution is -0.120. The molecule has 0 spiro atoms. The number of benzene rings is 1. The van der Waals surface area contributed by atoms with Crippen molar-refractivity contribution in [1.82, 2.24) is 5.16 Å². The fourth-order valence-electron chi connectivity index (χ4n) is 1.84. The maximum Gasteiger partial charge on any atom is 0.245 e. The van der Waals surface area contributed by atoms with E-state index < -0.39 is 41.5 Å². The van der Waals surface area contributed by atoms with Gasteiger partial charge in [-0.3, -0.25) is 9.59 Å². The van der Waals surface area contributed by atoms with Crippen molar-refractivity contribution in [3.05, 3.63) is 41.4 Å². The van der Waals surface area contributed by atoms with Gasteiger partial charge in [-0.15, -0.1) is 0 Å². The van der Waals surface area contributed by atoms with E-state index in [1.165, 1.54) is 6.07 Å². The molecular weight excluding hydrogens is 315 g/mol. The van der Waals surface area contributed by atoms with E-state index in [0.29, 0.717) is 16.7 Å². The predicted molar refractivity (Wildman–Crippen MR) is 74.2 cm³/mol. The summed E-state index contributed by atoms with van der Waals surface area (Å²) in [6, 6.07) is 2.99. The molecule has 1 aromatic heterocycles. The van der Waals surface area contributed by atoms with Gasteiger partial charge in [0.15, 0.2) is 23.3 Å². The van der Waals surface area contributed by atoms with E-state index in [2.05, 4.69) is 10.5 Å². The van der Waals surface area contributed by atoms with Crippen LogP contribution in [0.15, 0.2) is 22.7 Å². The number of carbonyl (C=O) groups is 2. The summed E-state index contributed by atoms with van der Waals surface area (Å²) in [7, 11) is 0. The highest BCUT2D eigenvalue weighted by molar-refractivity contribution is 6.01. The van der Waals surface area contributed by atoms with Gasteiger partial charge >= 0.3 is 0 Å². The molecule has 122 valence electrons. The first-order chi connectivity index (χ1) is 10.8. The Morgan fingerprint density at radius 1 is 1.26 bits per heavy atom. The van der Waals surface area contributed by atoms with Gasteiger partial charge in [-0.05, 0) is 19.1 Å². The van der Waals surface area contributed by atoms with Crippen LogP contribution >= 0.6 is 0 Å². The zero-order valence-corrected chi connectivity index (χ0v) is 12.2. The van der Waals surface area contributed by atoms with Gasteiger partial charge in [-0.25, -0.2) is 13.2 Å². The van der Waals surface area contributed by atoms with Gasteiger partial charge in [0.05, 0.1) is 5.69 Å². The molecule has 0 saturated heterocycles. The molecule has 0 aliphatic carbocycles. The number of hydrogen-bond donors (Lipinski definition) is 1. The van der Waals surface area contributed by atoms with Gasteiger partial charge in [-0.2, -0.15) is 0 Å². The van der Waals surface area contributed by atoms with E-state index in [4.69, 9.17) is 4.52 Å². The molecule has 0 aliphatic rings. The molecule has 9 heteroatoms. The Hall–Kier alpha value is -2.84. The number of carbonyl (C=O) groups excluding carboxylic acids is 2. The minimum atomic E-state index is -1.72. The first-order valence-electron chi connectivity index (χ1n) is 6.44. The normalized spacial score (nSPS) is 10.5. The van der Waals surface area contributed by atoms with Crippen LogP contribution in [-0.2, 0) is 9.59 Å². The van der Waals surface area contributed by atoms with Gasteiger partial charge in [0, 0.05) is 13.0 Å². The standard InChI is InChI=1S/C14H12F3N3O3/c1-7-5-11(19-23-7)18-12(22)6-20(8(2)21)10-4-3-9(15)13(16)14(10)17/h3-5H,6H2,1-2H3,(H,18,19,22). The van der Waals surface area contributed by atoms with Crippen molar-refractivity contribution in [2.24, 2.45) is 0 Å². The van der Waals surface area contributed by atoms with Gasteiger partial charge in [0.2, 0.25) is 11.8 Å². The molecule has 1 heterocycles. The van der Waals surface area contributed by atoms with Gasteiger partial charge in [-0.1, -0.05) is 5.16 Å². The van der Waals surface area contributed by atoms with Crippen LogP contribution in [0.25, 0.3) is 0 Å². The van der Waals surface area contributed by atoms with Gasteiger partial charge in [0.25, 0.3) is 0 Å². The predicted octanol–water partition coefficient (Wildman–Crippen LogP) is 2.39. The zero-order chi connectivity index (χ0) is 17.1. The van der Waals surface area contributed by atoms with E-state index in [0.717, 1.165) is 13.0 Å². The Morgan fingerprint density at radius 2 is 1.96 bits per heavy atom. The van der Waals surface area contributed by atoms with Crippen LogP contribution in [0.3, 0.4) is 0 Å². The third-order valence-corrected chi connectivity index (χ3v) is 2.88. The van der Waals surface area contributed by atoms with Crippen LogP contribution in [0.1, 0.15) is 12.7 Å². The monoisotopic (exact) mass is 327 g/mol. The number of nitrogens with zero attached hydrogens (tertiary/aromatic N) is 2. The van der Waals surface area contributed by atoms with Crippen molar-refractivity contribution in [2.75, 3.05) is 16.8 Å². The minimum Gasteiger partial charge on any atom is -0.360 e. The quantitative estimate of drug-likeness (QED) is 0.875.